The molecule has 1 aliphatic carbocycles. The predicted octanol–water partition coefficient (Wildman–Crippen LogP) is 1.56. The van der Waals surface area contributed by atoms with E-state index in [2.05, 4.69) is 5.32 Å². The van der Waals surface area contributed by atoms with E-state index < -0.39 is 17.6 Å². The second kappa shape index (κ2) is 8.69. The van der Waals surface area contributed by atoms with Crippen LogP contribution < -0.4 is 16.6 Å². The molecule has 11 heteroatoms. The summed E-state index contributed by atoms with van der Waals surface area (Å²) in [5, 5.41) is 14.9. The number of hydrogen-bond donors (Lipinski definition) is 3. The lowest BCUT2D eigenvalue weighted by Gasteiger charge is -2.31. The fourth-order valence-electron chi connectivity index (χ4n) is 6.09. The summed E-state index contributed by atoms with van der Waals surface area (Å²) in [4.78, 5) is 43.5. The highest BCUT2D eigenvalue weighted by Crippen LogP contribution is 2.45. The number of carbonyl (C=O) groups excluding carboxylic acids is 2. The first-order valence-corrected chi connectivity index (χ1v) is 12.6. The van der Waals surface area contributed by atoms with Gasteiger partial charge in [0.2, 0.25) is 5.91 Å². The number of hydrogen-bond acceptors (Lipinski definition) is 8. The van der Waals surface area contributed by atoms with Crippen molar-refractivity contribution in [1.82, 2.24) is 14.9 Å². The van der Waals surface area contributed by atoms with Gasteiger partial charge in [0.25, 0.3) is 5.56 Å². The molecule has 3 aliphatic rings. The molecule has 1 unspecified atom stereocenters. The van der Waals surface area contributed by atoms with Gasteiger partial charge in [0.05, 0.1) is 41.8 Å². The van der Waals surface area contributed by atoms with E-state index in [1.165, 1.54) is 10.6 Å². The van der Waals surface area contributed by atoms with Crippen molar-refractivity contribution >= 4 is 22.8 Å². The summed E-state index contributed by atoms with van der Waals surface area (Å²) in [6.45, 7) is 3.02. The summed E-state index contributed by atoms with van der Waals surface area (Å²) in [5.74, 6) is -1.52. The number of pyridine rings is 2. The van der Waals surface area contributed by atoms with Gasteiger partial charge in [-0.1, -0.05) is 6.92 Å². The Labute approximate surface area is 216 Å². The van der Waals surface area contributed by atoms with Gasteiger partial charge in [-0.05, 0) is 48.9 Å². The number of nitrogens with zero attached hydrogens (tertiary/aromatic N) is 2. The Morgan fingerprint density at radius 2 is 2.13 bits per heavy atom. The molecule has 198 valence electrons. The number of cyclic esters (lactones) is 1. The minimum atomic E-state index is -1.95. The molecule has 0 bridgehead atoms. The molecule has 1 amide bonds. The molecule has 6 rings (SSSR count). The van der Waals surface area contributed by atoms with E-state index in [-0.39, 0.29) is 61.3 Å². The Morgan fingerprint density at radius 1 is 1.34 bits per heavy atom. The number of nitrogens with one attached hydrogen (secondary N) is 1. The summed E-state index contributed by atoms with van der Waals surface area (Å²) >= 11 is 0. The van der Waals surface area contributed by atoms with Crippen LogP contribution in [0.15, 0.2) is 16.9 Å². The maximum Gasteiger partial charge on any atom is 0.343 e. The molecule has 2 aromatic heterocycles. The van der Waals surface area contributed by atoms with E-state index in [0.717, 1.165) is 22.1 Å². The van der Waals surface area contributed by atoms with Crippen molar-refractivity contribution in [2.24, 2.45) is 5.73 Å². The topological polar surface area (TPSA) is 146 Å². The smallest absolute Gasteiger partial charge is 0.343 e. The van der Waals surface area contributed by atoms with Gasteiger partial charge in [0, 0.05) is 22.6 Å². The average molecular weight is 523 g/mol. The maximum atomic E-state index is 14.9. The van der Waals surface area contributed by atoms with Crippen LogP contribution in [0.1, 0.15) is 59.2 Å². The number of ether oxygens (including phenoxy) is 2. The Bertz CT molecular complexity index is 1620. The van der Waals surface area contributed by atoms with Crippen LogP contribution in [0, 0.1) is 12.7 Å². The van der Waals surface area contributed by atoms with Crippen LogP contribution in [-0.2, 0) is 44.2 Å². The Kier molecular flexibility index (Phi) is 5.64. The average Bonchev–Trinajstić information content (AvgIpc) is 3.27. The molecule has 2 atom stereocenters. The van der Waals surface area contributed by atoms with Gasteiger partial charge in [-0.3, -0.25) is 9.59 Å². The molecule has 2 aliphatic heterocycles. The van der Waals surface area contributed by atoms with Crippen LogP contribution in [0.5, 0.6) is 0 Å². The van der Waals surface area contributed by atoms with Crippen molar-refractivity contribution in [2.45, 2.75) is 57.9 Å². The summed E-state index contributed by atoms with van der Waals surface area (Å²) in [5.41, 5.74) is 7.63. The number of aryl methyl sites for hydroxylation is 1. The highest BCUT2D eigenvalue weighted by atomic mass is 19.1. The lowest BCUT2D eigenvalue weighted by molar-refractivity contribution is -0.172. The van der Waals surface area contributed by atoms with Crippen molar-refractivity contribution in [2.75, 3.05) is 13.3 Å². The van der Waals surface area contributed by atoms with E-state index in [0.29, 0.717) is 35.3 Å². The molecule has 4 heterocycles. The fraction of sp³-hybridized carbons (Fsp3) is 0.407. The predicted molar refractivity (Wildman–Crippen MR) is 133 cm³/mol. The monoisotopic (exact) mass is 522 g/mol. The first-order valence-electron chi connectivity index (χ1n) is 12.6. The maximum absolute atomic E-state index is 14.9. The molecule has 1 aromatic carbocycles. The fourth-order valence-corrected chi connectivity index (χ4v) is 6.09. The van der Waals surface area contributed by atoms with Gasteiger partial charge in [0.15, 0.2) is 5.60 Å². The van der Waals surface area contributed by atoms with Crippen LogP contribution in [0.4, 0.5) is 4.39 Å². The van der Waals surface area contributed by atoms with Crippen molar-refractivity contribution in [3.8, 4) is 11.4 Å². The Balaban J connectivity index is 1.60. The second-order valence-electron chi connectivity index (χ2n) is 9.99. The van der Waals surface area contributed by atoms with Gasteiger partial charge >= 0.3 is 5.97 Å². The molecule has 0 fully saturated rings. The van der Waals surface area contributed by atoms with Crippen LogP contribution in [0.2, 0.25) is 0 Å². The number of carbonyl (C=O) groups is 2. The van der Waals surface area contributed by atoms with Crippen LogP contribution in [-0.4, -0.2) is 39.9 Å². The SMILES string of the molecule is CCC1(O)C(=O)OCc2c1cc1n(c2=O)Cc2c-1nc1cc(F)c(C)c3c1c2[C@@H](NC(=O)COCN)CC3. The minimum absolute atomic E-state index is 0.0256. The van der Waals surface area contributed by atoms with Gasteiger partial charge in [-0.2, -0.15) is 0 Å². The van der Waals surface area contributed by atoms with Crippen LogP contribution in [0.25, 0.3) is 22.3 Å². The van der Waals surface area contributed by atoms with Gasteiger partial charge in [-0.25, -0.2) is 14.2 Å². The van der Waals surface area contributed by atoms with E-state index in [1.807, 2.05) is 0 Å². The third kappa shape index (κ3) is 3.35. The van der Waals surface area contributed by atoms with Gasteiger partial charge in [0.1, 0.15) is 19.0 Å². The standard InChI is InChI=1S/C27H27FN4O6/c1-3-27(36)16-6-20-24-14(8-32(20)25(34)15(16)9-38-26(27)35)23-18(30-21(33)10-37-11-29)5-4-13-12(2)17(28)7-19(31-24)22(13)23/h6-7,18,36H,3-5,8-11,29H2,1-2H3,(H,30,33)/t18-,27?/m0/s1. The quantitative estimate of drug-likeness (QED) is 0.265. The summed E-state index contributed by atoms with van der Waals surface area (Å²) < 4.78 is 26.7. The number of halogens is 1. The number of aromatic nitrogens is 2. The molecule has 10 nitrogen and oxygen atoms in total. The molecule has 0 spiro atoms. The van der Waals surface area contributed by atoms with Crippen molar-refractivity contribution in [1.29, 1.82) is 0 Å². The molecule has 3 aromatic rings. The van der Waals surface area contributed by atoms with Crippen LogP contribution in [0.3, 0.4) is 0 Å². The zero-order valence-corrected chi connectivity index (χ0v) is 21.0. The van der Waals surface area contributed by atoms with E-state index in [9.17, 15) is 23.9 Å². The first-order chi connectivity index (χ1) is 18.2. The van der Waals surface area contributed by atoms with Crippen LogP contribution >= 0.6 is 0 Å². The van der Waals surface area contributed by atoms with Crippen molar-refractivity contribution in [3.05, 3.63) is 61.7 Å². The molecule has 0 saturated carbocycles. The minimum Gasteiger partial charge on any atom is -0.458 e. The van der Waals surface area contributed by atoms with Gasteiger partial charge in [-0.15, -0.1) is 0 Å². The van der Waals surface area contributed by atoms with Gasteiger partial charge < -0.3 is 30.2 Å². The van der Waals surface area contributed by atoms with E-state index >= 15 is 0 Å². The molecule has 0 radical (unpaired) electrons. The first kappa shape index (κ1) is 24.7. The number of nitrogens with two attached hydrogens (primary N) is 1. The molecular weight excluding hydrogens is 495 g/mol. The zero-order chi connectivity index (χ0) is 26.9. The summed E-state index contributed by atoms with van der Waals surface area (Å²) in [6, 6.07) is 2.57. The lowest BCUT2D eigenvalue weighted by Crippen LogP contribution is -2.44. The molecule has 38 heavy (non-hydrogen) atoms. The number of esters is 1. The zero-order valence-electron chi connectivity index (χ0n) is 21.0. The Hall–Kier alpha value is -3.67. The van der Waals surface area contributed by atoms with E-state index in [1.54, 1.807) is 19.9 Å². The molecular formula is C27H27FN4O6. The summed E-state index contributed by atoms with van der Waals surface area (Å²) in [6.07, 6.45) is 1.09. The molecule has 4 N–H and O–H groups in total. The number of fused-ring (bicyclic) bond motifs is 5. The number of amides is 1. The van der Waals surface area contributed by atoms with E-state index in [4.69, 9.17) is 20.2 Å². The number of benzene rings is 1. The summed E-state index contributed by atoms with van der Waals surface area (Å²) in [7, 11) is 0. The number of aliphatic hydroxyl groups is 1. The highest BCUT2D eigenvalue weighted by Gasteiger charge is 2.46. The third-order valence-corrected chi connectivity index (χ3v) is 8.06. The van der Waals surface area contributed by atoms with Crippen molar-refractivity contribution in [3.63, 3.8) is 0 Å². The van der Waals surface area contributed by atoms with Crippen molar-refractivity contribution < 1.29 is 28.6 Å². The Morgan fingerprint density at radius 3 is 2.87 bits per heavy atom. The highest BCUT2D eigenvalue weighted by molar-refractivity contribution is 5.94. The second-order valence-corrected chi connectivity index (χ2v) is 9.99. The number of rotatable bonds is 5. The third-order valence-electron chi connectivity index (χ3n) is 8.06. The largest absolute Gasteiger partial charge is 0.458 e. The lowest BCUT2D eigenvalue weighted by atomic mass is 9.81. The normalized spacial score (nSPS) is 21.1. The molecule has 0 saturated heterocycles.